The maximum Gasteiger partial charge on any atom is 0.227 e. The summed E-state index contributed by atoms with van der Waals surface area (Å²) >= 11 is 0. The van der Waals surface area contributed by atoms with Crippen LogP contribution in [-0.4, -0.2) is 81.6 Å². The molecule has 4 rings (SSSR count). The Morgan fingerprint density at radius 2 is 1.90 bits per heavy atom. The normalized spacial score (nSPS) is 17.8. The molecule has 2 saturated heterocycles. The number of fused-ring (bicyclic) bond motifs is 1. The van der Waals surface area contributed by atoms with E-state index in [0.29, 0.717) is 24.3 Å². The number of benzene rings is 1. The van der Waals surface area contributed by atoms with Gasteiger partial charge < -0.3 is 29.3 Å². The lowest BCUT2D eigenvalue weighted by Gasteiger charge is -2.25. The molecular formula is C23H35N5O3. The van der Waals surface area contributed by atoms with Crippen LogP contribution in [0.5, 0.6) is 11.5 Å². The van der Waals surface area contributed by atoms with E-state index in [1.807, 2.05) is 31.1 Å². The van der Waals surface area contributed by atoms with Gasteiger partial charge in [-0.2, -0.15) is 4.98 Å². The van der Waals surface area contributed by atoms with Crippen molar-refractivity contribution >= 4 is 22.7 Å². The molecule has 1 N–H and O–H groups in total. The molecule has 0 radical (unpaired) electrons. The molecule has 1 aromatic carbocycles. The van der Waals surface area contributed by atoms with Gasteiger partial charge in [0.1, 0.15) is 5.82 Å². The minimum absolute atomic E-state index is 0.342. The van der Waals surface area contributed by atoms with Crippen molar-refractivity contribution in [1.82, 2.24) is 14.9 Å². The van der Waals surface area contributed by atoms with E-state index in [2.05, 4.69) is 10.2 Å². The molecule has 0 bridgehead atoms. The smallest absolute Gasteiger partial charge is 0.227 e. The van der Waals surface area contributed by atoms with E-state index in [0.717, 1.165) is 61.5 Å². The zero-order valence-electron chi connectivity index (χ0n) is 19.0. The molecule has 0 unspecified atom stereocenters. The summed E-state index contributed by atoms with van der Waals surface area (Å²) in [6, 6.07) is 4.31. The van der Waals surface area contributed by atoms with E-state index < -0.39 is 0 Å². The van der Waals surface area contributed by atoms with Gasteiger partial charge in [-0.05, 0) is 51.3 Å². The molecule has 2 fully saturated rings. The molecule has 2 aliphatic heterocycles. The van der Waals surface area contributed by atoms with E-state index in [-0.39, 0.29) is 0 Å². The van der Waals surface area contributed by atoms with Crippen LogP contribution in [0.3, 0.4) is 0 Å². The van der Waals surface area contributed by atoms with Crippen LogP contribution in [-0.2, 0) is 4.74 Å². The summed E-state index contributed by atoms with van der Waals surface area (Å²) in [7, 11) is 5.59. The fraction of sp³-hybridized carbons (Fsp3) is 0.652. The number of likely N-dealkylation sites (tertiary alicyclic amines) is 1. The fourth-order valence-corrected chi connectivity index (χ4v) is 4.22. The molecule has 8 heteroatoms. The Balaban J connectivity index is 1.55. The number of methoxy groups -OCH3 is 1. The van der Waals surface area contributed by atoms with Crippen molar-refractivity contribution in [1.29, 1.82) is 0 Å². The van der Waals surface area contributed by atoms with E-state index in [1.165, 1.54) is 25.9 Å². The van der Waals surface area contributed by atoms with Gasteiger partial charge in [0.05, 0.1) is 19.2 Å². The Labute approximate surface area is 184 Å². The lowest BCUT2D eigenvalue weighted by atomic mass is 10.1. The van der Waals surface area contributed by atoms with Gasteiger partial charge in [-0.25, -0.2) is 4.98 Å². The molecule has 3 heterocycles. The van der Waals surface area contributed by atoms with E-state index in [1.54, 1.807) is 7.11 Å². The average Bonchev–Trinajstić information content (AvgIpc) is 3.30. The van der Waals surface area contributed by atoms with Gasteiger partial charge in [0.2, 0.25) is 5.95 Å². The molecular weight excluding hydrogens is 394 g/mol. The molecule has 0 spiro atoms. The van der Waals surface area contributed by atoms with Crippen molar-refractivity contribution in [3.05, 3.63) is 12.1 Å². The van der Waals surface area contributed by atoms with Gasteiger partial charge in [0.25, 0.3) is 0 Å². The first-order chi connectivity index (χ1) is 15.1. The van der Waals surface area contributed by atoms with Crippen LogP contribution in [0.1, 0.15) is 32.1 Å². The third-order valence-electron chi connectivity index (χ3n) is 6.01. The minimum atomic E-state index is 0.342. The summed E-state index contributed by atoms with van der Waals surface area (Å²) in [6.45, 7) is 5.73. The van der Waals surface area contributed by atoms with Gasteiger partial charge in [-0.1, -0.05) is 0 Å². The largest absolute Gasteiger partial charge is 0.493 e. The van der Waals surface area contributed by atoms with Gasteiger partial charge >= 0.3 is 0 Å². The number of anilines is 2. The summed E-state index contributed by atoms with van der Waals surface area (Å²) in [4.78, 5) is 14.0. The third kappa shape index (κ3) is 5.49. The maximum atomic E-state index is 6.12. The van der Waals surface area contributed by atoms with Gasteiger partial charge in [0, 0.05) is 51.3 Å². The van der Waals surface area contributed by atoms with E-state index in [9.17, 15) is 0 Å². The molecule has 170 valence electrons. The van der Waals surface area contributed by atoms with Crippen LogP contribution in [0.4, 0.5) is 11.8 Å². The van der Waals surface area contributed by atoms with Crippen LogP contribution in [0.15, 0.2) is 12.1 Å². The number of rotatable bonds is 9. The van der Waals surface area contributed by atoms with Crippen LogP contribution >= 0.6 is 0 Å². The highest BCUT2D eigenvalue weighted by Gasteiger charge is 2.19. The van der Waals surface area contributed by atoms with Crippen molar-refractivity contribution in [2.75, 3.05) is 70.9 Å². The number of hydrogen-bond acceptors (Lipinski definition) is 8. The first-order valence-corrected chi connectivity index (χ1v) is 11.4. The molecule has 1 aromatic heterocycles. The van der Waals surface area contributed by atoms with Crippen molar-refractivity contribution < 1.29 is 14.2 Å². The molecule has 2 aromatic rings. The van der Waals surface area contributed by atoms with Gasteiger partial charge in [-0.3, -0.25) is 0 Å². The Morgan fingerprint density at radius 3 is 2.61 bits per heavy atom. The summed E-state index contributed by atoms with van der Waals surface area (Å²) in [5.41, 5.74) is 0.851. The quantitative estimate of drug-likeness (QED) is 0.610. The average molecular weight is 430 g/mol. The lowest BCUT2D eigenvalue weighted by molar-refractivity contribution is 0.0904. The number of nitrogens with zero attached hydrogens (tertiary/aromatic N) is 4. The summed E-state index contributed by atoms with van der Waals surface area (Å²) in [5, 5.41) is 4.56. The van der Waals surface area contributed by atoms with E-state index >= 15 is 0 Å². The SMILES string of the molecule is COc1cc2c(NC3CCOCC3)nc(N(C)C)nc2cc1OCCCN1CCCC1. The van der Waals surface area contributed by atoms with Crippen LogP contribution < -0.4 is 19.7 Å². The van der Waals surface area contributed by atoms with Crippen molar-refractivity contribution in [3.8, 4) is 11.5 Å². The highest BCUT2D eigenvalue weighted by Crippen LogP contribution is 2.35. The van der Waals surface area contributed by atoms with Gasteiger partial charge in [0.15, 0.2) is 11.5 Å². The predicted octanol–water partition coefficient (Wildman–Crippen LogP) is 3.16. The molecule has 0 saturated carbocycles. The lowest BCUT2D eigenvalue weighted by Crippen LogP contribution is -2.28. The molecule has 31 heavy (non-hydrogen) atoms. The Bertz CT molecular complexity index is 864. The molecule has 2 aliphatic rings. The number of nitrogens with one attached hydrogen (secondary N) is 1. The first-order valence-electron chi connectivity index (χ1n) is 11.4. The van der Waals surface area contributed by atoms with E-state index in [4.69, 9.17) is 24.2 Å². The monoisotopic (exact) mass is 429 g/mol. The molecule has 0 atom stereocenters. The second-order valence-electron chi connectivity index (χ2n) is 8.57. The van der Waals surface area contributed by atoms with Crippen LogP contribution in [0, 0.1) is 0 Å². The Kier molecular flexibility index (Phi) is 7.29. The Morgan fingerprint density at radius 1 is 1.13 bits per heavy atom. The number of hydrogen-bond donors (Lipinski definition) is 1. The van der Waals surface area contributed by atoms with Gasteiger partial charge in [-0.15, -0.1) is 0 Å². The standard InChI is InChI=1S/C23H35N5O3/c1-27(2)23-25-19-16-21(31-12-6-11-28-9-4-5-10-28)20(29-3)15-18(19)22(26-23)24-17-7-13-30-14-8-17/h15-17H,4-14H2,1-3H3,(H,24,25,26). The highest BCUT2D eigenvalue weighted by molar-refractivity contribution is 5.92. The zero-order valence-corrected chi connectivity index (χ0v) is 19.0. The molecule has 0 aliphatic carbocycles. The minimum Gasteiger partial charge on any atom is -0.493 e. The van der Waals surface area contributed by atoms with Crippen LogP contribution in [0.2, 0.25) is 0 Å². The number of aromatic nitrogens is 2. The highest BCUT2D eigenvalue weighted by atomic mass is 16.5. The molecule has 8 nitrogen and oxygen atoms in total. The maximum absolute atomic E-state index is 6.12. The summed E-state index contributed by atoms with van der Waals surface area (Å²) in [5.74, 6) is 2.95. The van der Waals surface area contributed by atoms with Crippen molar-refractivity contribution in [3.63, 3.8) is 0 Å². The second-order valence-corrected chi connectivity index (χ2v) is 8.57. The third-order valence-corrected chi connectivity index (χ3v) is 6.01. The predicted molar refractivity (Wildman–Crippen MR) is 124 cm³/mol. The van der Waals surface area contributed by atoms with Crippen LogP contribution in [0.25, 0.3) is 10.9 Å². The summed E-state index contributed by atoms with van der Waals surface area (Å²) < 4.78 is 17.3. The van der Waals surface area contributed by atoms with Crippen molar-refractivity contribution in [2.24, 2.45) is 0 Å². The summed E-state index contributed by atoms with van der Waals surface area (Å²) in [6.07, 6.45) is 5.58. The second kappa shape index (κ2) is 10.3. The molecule has 0 amide bonds. The number of ether oxygens (including phenoxy) is 3. The Hall–Kier alpha value is -2.32. The zero-order chi connectivity index (χ0) is 21.6. The topological polar surface area (TPSA) is 72.0 Å². The van der Waals surface area contributed by atoms with Crippen molar-refractivity contribution in [2.45, 2.75) is 38.1 Å². The first kappa shape index (κ1) is 21.9. The fourth-order valence-electron chi connectivity index (χ4n) is 4.22.